The summed E-state index contributed by atoms with van der Waals surface area (Å²) in [4.78, 5) is 27.2. The summed E-state index contributed by atoms with van der Waals surface area (Å²) in [6, 6.07) is 5.54. The summed E-state index contributed by atoms with van der Waals surface area (Å²) in [6.07, 6.45) is 7.97. The van der Waals surface area contributed by atoms with E-state index in [9.17, 15) is 14.0 Å². The van der Waals surface area contributed by atoms with Gasteiger partial charge in [0.05, 0.1) is 0 Å². The molecule has 2 fully saturated rings. The predicted molar refractivity (Wildman–Crippen MR) is 110 cm³/mol. The highest BCUT2D eigenvalue weighted by molar-refractivity contribution is 7.18. The number of rotatable bonds is 6. The Morgan fingerprint density at radius 1 is 1.10 bits per heavy atom. The molecule has 0 radical (unpaired) electrons. The Balaban J connectivity index is 1.34. The second-order valence-corrected chi connectivity index (χ2v) is 8.82. The van der Waals surface area contributed by atoms with Gasteiger partial charge in [0.1, 0.15) is 16.9 Å². The van der Waals surface area contributed by atoms with Crippen LogP contribution in [0.3, 0.4) is 0 Å². The Morgan fingerprint density at radius 2 is 1.86 bits per heavy atom. The van der Waals surface area contributed by atoms with Gasteiger partial charge in [0, 0.05) is 18.5 Å². The van der Waals surface area contributed by atoms with Crippen LogP contribution in [-0.2, 0) is 9.59 Å². The van der Waals surface area contributed by atoms with Crippen molar-refractivity contribution >= 4 is 28.3 Å². The van der Waals surface area contributed by atoms with E-state index in [1.165, 1.54) is 49.2 Å². The number of benzene rings is 1. The van der Waals surface area contributed by atoms with Crippen molar-refractivity contribution in [3.63, 3.8) is 0 Å². The van der Waals surface area contributed by atoms with E-state index in [2.05, 4.69) is 15.5 Å². The van der Waals surface area contributed by atoms with Gasteiger partial charge in [-0.2, -0.15) is 0 Å². The Labute approximate surface area is 173 Å². The molecular weight excluding hydrogens is 391 g/mol. The van der Waals surface area contributed by atoms with Gasteiger partial charge in [0.15, 0.2) is 0 Å². The first-order chi connectivity index (χ1) is 14.1. The molecule has 2 heterocycles. The smallest absolute Gasteiger partial charge is 0.249 e. The van der Waals surface area contributed by atoms with Gasteiger partial charge < -0.3 is 4.90 Å². The van der Waals surface area contributed by atoms with Crippen LogP contribution in [0, 0.1) is 11.7 Å². The number of carbonyl (C=O) groups excluding carboxylic acids is 2. The van der Waals surface area contributed by atoms with Crippen LogP contribution in [0.2, 0.25) is 0 Å². The van der Waals surface area contributed by atoms with Crippen LogP contribution in [0.4, 0.5) is 9.52 Å². The molecule has 1 saturated heterocycles. The number of anilines is 1. The van der Waals surface area contributed by atoms with Gasteiger partial charge in [-0.15, -0.1) is 10.2 Å². The minimum absolute atomic E-state index is 0.0822. The molecule has 0 spiro atoms. The fourth-order valence-electron chi connectivity index (χ4n) is 4.28. The average Bonchev–Trinajstić information content (AvgIpc) is 3.47. The molecule has 154 valence electrons. The van der Waals surface area contributed by atoms with Gasteiger partial charge in [0.25, 0.3) is 0 Å². The van der Waals surface area contributed by atoms with Crippen molar-refractivity contribution in [1.29, 1.82) is 0 Å². The standard InChI is InChI=1S/C21H25FN4O2S/c22-16-10-8-15(9-11-16)20-24-25-21(29-20)23-19(28)17-6-3-13-26(17)18(27)12-7-14-4-1-2-5-14/h8-11,14,17H,1-7,12-13H2,(H,23,25,28). The zero-order chi connectivity index (χ0) is 20.2. The van der Waals surface area contributed by atoms with Crippen molar-refractivity contribution in [2.75, 3.05) is 11.9 Å². The predicted octanol–water partition coefficient (Wildman–Crippen LogP) is 4.24. The summed E-state index contributed by atoms with van der Waals surface area (Å²) in [6.45, 7) is 0.637. The zero-order valence-electron chi connectivity index (χ0n) is 16.3. The van der Waals surface area contributed by atoms with E-state index in [1.54, 1.807) is 17.0 Å². The van der Waals surface area contributed by atoms with Crippen molar-refractivity contribution in [3.05, 3.63) is 30.1 Å². The van der Waals surface area contributed by atoms with Crippen molar-refractivity contribution in [3.8, 4) is 10.6 Å². The minimum atomic E-state index is -0.441. The molecule has 8 heteroatoms. The molecular formula is C21H25FN4O2S. The summed E-state index contributed by atoms with van der Waals surface area (Å²) in [7, 11) is 0. The number of hydrogen-bond acceptors (Lipinski definition) is 5. The summed E-state index contributed by atoms with van der Waals surface area (Å²) in [5.41, 5.74) is 0.744. The van der Waals surface area contributed by atoms with Crippen LogP contribution < -0.4 is 5.32 Å². The maximum absolute atomic E-state index is 13.1. The van der Waals surface area contributed by atoms with Crippen LogP contribution in [-0.4, -0.2) is 39.5 Å². The third-order valence-corrected chi connectivity index (χ3v) is 6.75. The first-order valence-corrected chi connectivity index (χ1v) is 11.1. The van der Waals surface area contributed by atoms with Gasteiger partial charge in [-0.1, -0.05) is 37.0 Å². The summed E-state index contributed by atoms with van der Waals surface area (Å²) in [5, 5.41) is 11.9. The van der Waals surface area contributed by atoms with E-state index in [0.717, 1.165) is 18.4 Å². The third-order valence-electron chi connectivity index (χ3n) is 5.86. The first-order valence-electron chi connectivity index (χ1n) is 10.3. The van der Waals surface area contributed by atoms with Gasteiger partial charge in [-0.25, -0.2) is 4.39 Å². The highest BCUT2D eigenvalue weighted by Gasteiger charge is 2.34. The molecule has 2 aliphatic rings. The maximum atomic E-state index is 13.1. The molecule has 1 atom stereocenters. The molecule has 0 bridgehead atoms. The van der Waals surface area contributed by atoms with Gasteiger partial charge in [-0.3, -0.25) is 14.9 Å². The summed E-state index contributed by atoms with van der Waals surface area (Å²) >= 11 is 1.24. The second-order valence-electron chi connectivity index (χ2n) is 7.84. The van der Waals surface area contributed by atoms with Crippen molar-refractivity contribution in [2.45, 2.75) is 57.4 Å². The first kappa shape index (κ1) is 19.9. The third kappa shape index (κ3) is 4.80. The van der Waals surface area contributed by atoms with Crippen LogP contribution >= 0.6 is 11.3 Å². The number of halogens is 1. The number of aromatic nitrogens is 2. The fraction of sp³-hybridized carbons (Fsp3) is 0.524. The lowest BCUT2D eigenvalue weighted by Gasteiger charge is -2.24. The number of amides is 2. The van der Waals surface area contributed by atoms with E-state index in [0.29, 0.717) is 35.4 Å². The number of nitrogens with zero attached hydrogens (tertiary/aromatic N) is 3. The van der Waals surface area contributed by atoms with Gasteiger partial charge in [-0.05, 0) is 49.4 Å². The van der Waals surface area contributed by atoms with Gasteiger partial charge in [0.2, 0.25) is 16.9 Å². The molecule has 2 amide bonds. The number of nitrogens with one attached hydrogen (secondary N) is 1. The van der Waals surface area contributed by atoms with Gasteiger partial charge >= 0.3 is 0 Å². The number of carbonyl (C=O) groups is 2. The molecule has 4 rings (SSSR count). The molecule has 2 aromatic rings. The van der Waals surface area contributed by atoms with E-state index in [-0.39, 0.29) is 17.6 Å². The van der Waals surface area contributed by atoms with E-state index in [1.807, 2.05) is 0 Å². The molecule has 29 heavy (non-hydrogen) atoms. The molecule has 1 aromatic heterocycles. The SMILES string of the molecule is O=C(Nc1nnc(-c2ccc(F)cc2)s1)C1CCCN1C(=O)CCC1CCCC1. The second kappa shape index (κ2) is 8.98. The average molecular weight is 417 g/mol. The largest absolute Gasteiger partial charge is 0.331 e. The van der Waals surface area contributed by atoms with E-state index in [4.69, 9.17) is 0 Å². The number of likely N-dealkylation sites (tertiary alicyclic amines) is 1. The Kier molecular flexibility index (Phi) is 6.18. The van der Waals surface area contributed by atoms with Crippen molar-refractivity contribution < 1.29 is 14.0 Å². The molecule has 1 N–H and O–H groups in total. The Morgan fingerprint density at radius 3 is 2.62 bits per heavy atom. The summed E-state index contributed by atoms with van der Waals surface area (Å²) < 4.78 is 13.1. The lowest BCUT2D eigenvalue weighted by Crippen LogP contribution is -2.43. The molecule has 6 nitrogen and oxygen atoms in total. The molecule has 1 aromatic carbocycles. The Hall–Kier alpha value is -2.35. The molecule has 1 aliphatic carbocycles. The van der Waals surface area contributed by atoms with Crippen LogP contribution in [0.5, 0.6) is 0 Å². The van der Waals surface area contributed by atoms with Crippen LogP contribution in [0.25, 0.3) is 10.6 Å². The molecule has 1 saturated carbocycles. The lowest BCUT2D eigenvalue weighted by atomic mass is 10.0. The fourth-order valence-corrected chi connectivity index (χ4v) is 5.03. The normalized spacial score (nSPS) is 19.6. The number of hydrogen-bond donors (Lipinski definition) is 1. The van der Waals surface area contributed by atoms with Crippen LogP contribution in [0.15, 0.2) is 24.3 Å². The highest BCUT2D eigenvalue weighted by Crippen LogP contribution is 2.30. The zero-order valence-corrected chi connectivity index (χ0v) is 17.1. The topological polar surface area (TPSA) is 75.2 Å². The van der Waals surface area contributed by atoms with Crippen LogP contribution in [0.1, 0.15) is 51.4 Å². The minimum Gasteiger partial charge on any atom is -0.331 e. The monoisotopic (exact) mass is 416 g/mol. The van der Waals surface area contributed by atoms with E-state index >= 15 is 0 Å². The molecule has 1 unspecified atom stereocenters. The molecule has 1 aliphatic heterocycles. The summed E-state index contributed by atoms with van der Waals surface area (Å²) in [5.74, 6) is 0.225. The maximum Gasteiger partial charge on any atom is 0.249 e. The quantitative estimate of drug-likeness (QED) is 0.764. The van der Waals surface area contributed by atoms with E-state index < -0.39 is 6.04 Å². The lowest BCUT2D eigenvalue weighted by molar-refractivity contribution is -0.136. The highest BCUT2D eigenvalue weighted by atomic mass is 32.1. The Bertz CT molecular complexity index is 864. The van der Waals surface area contributed by atoms with Crippen molar-refractivity contribution in [1.82, 2.24) is 15.1 Å². The van der Waals surface area contributed by atoms with Crippen molar-refractivity contribution in [2.24, 2.45) is 5.92 Å².